The molecule has 0 amide bonds. The molecule has 0 aliphatic heterocycles. The van der Waals surface area contributed by atoms with Gasteiger partial charge in [0.2, 0.25) is 17.4 Å². The maximum Gasteiger partial charge on any atom is 0.337 e. The van der Waals surface area contributed by atoms with Crippen molar-refractivity contribution in [3.63, 3.8) is 0 Å². The van der Waals surface area contributed by atoms with Gasteiger partial charge in [-0.1, -0.05) is 6.07 Å². The van der Waals surface area contributed by atoms with E-state index in [1.54, 1.807) is 0 Å². The zero-order valence-corrected chi connectivity index (χ0v) is 12.6. The average molecular weight is 326 g/mol. The number of pyridine rings is 1. The molecule has 0 bridgehead atoms. The number of carbonyl (C=O) groups excluding carboxylic acids is 1. The maximum absolute atomic E-state index is 14.2. The summed E-state index contributed by atoms with van der Waals surface area (Å²) in [6.45, 7) is 0. The summed E-state index contributed by atoms with van der Waals surface area (Å²) in [6, 6.07) is 5.45. The molecule has 1 aromatic carbocycles. The molecule has 0 aliphatic rings. The Labute approximate surface area is 130 Å². The fraction of sp³-hybridized carbons (Fsp3) is 0.200. The number of carbonyl (C=O) groups is 1. The Hall–Kier alpha value is -2.77. The van der Waals surface area contributed by atoms with Gasteiger partial charge in [-0.15, -0.1) is 0 Å². The Morgan fingerprint density at radius 1 is 1.17 bits per heavy atom. The Morgan fingerprint density at radius 2 is 1.87 bits per heavy atom. The molecule has 0 fully saturated rings. The molecule has 0 saturated carbocycles. The standard InChI is InChI=1S/C15H13F3N2O3/c1-20(2)14-11(17)12(10(16)13(18)19-14)23-9-6-4-5-8(7-9)15(21)22-3/h4-7H,1-3H3. The predicted octanol–water partition coefficient (Wildman–Crippen LogP) is 3.14. The first-order valence-corrected chi connectivity index (χ1v) is 6.43. The average Bonchev–Trinajstić information content (AvgIpc) is 2.54. The second kappa shape index (κ2) is 6.55. The Morgan fingerprint density at radius 3 is 2.48 bits per heavy atom. The molecule has 0 saturated heterocycles. The van der Waals surface area contributed by atoms with Crippen molar-refractivity contribution < 1.29 is 27.4 Å². The van der Waals surface area contributed by atoms with Gasteiger partial charge in [0.25, 0.3) is 5.95 Å². The van der Waals surface area contributed by atoms with Gasteiger partial charge >= 0.3 is 5.97 Å². The Kier molecular flexibility index (Phi) is 4.73. The van der Waals surface area contributed by atoms with Gasteiger partial charge < -0.3 is 14.4 Å². The lowest BCUT2D eigenvalue weighted by atomic mass is 10.2. The van der Waals surface area contributed by atoms with Crippen molar-refractivity contribution in [3.8, 4) is 11.5 Å². The van der Waals surface area contributed by atoms with Crippen LogP contribution in [0.4, 0.5) is 19.0 Å². The van der Waals surface area contributed by atoms with E-state index in [9.17, 15) is 18.0 Å². The smallest absolute Gasteiger partial charge is 0.337 e. The molecule has 5 nitrogen and oxygen atoms in total. The van der Waals surface area contributed by atoms with Gasteiger partial charge in [-0.05, 0) is 18.2 Å². The summed E-state index contributed by atoms with van der Waals surface area (Å²) in [5.41, 5.74) is 0.119. The monoisotopic (exact) mass is 326 g/mol. The molecule has 0 atom stereocenters. The van der Waals surface area contributed by atoms with Gasteiger partial charge in [0, 0.05) is 14.1 Å². The third-order valence-electron chi connectivity index (χ3n) is 2.88. The largest absolute Gasteiger partial charge is 0.465 e. The van der Waals surface area contributed by atoms with E-state index in [1.165, 1.54) is 50.4 Å². The third kappa shape index (κ3) is 3.36. The number of rotatable bonds is 4. The number of methoxy groups -OCH3 is 1. The highest BCUT2D eigenvalue weighted by atomic mass is 19.2. The number of hydrogen-bond acceptors (Lipinski definition) is 5. The third-order valence-corrected chi connectivity index (χ3v) is 2.88. The Bertz CT molecular complexity index is 751. The number of anilines is 1. The minimum atomic E-state index is -1.56. The number of aromatic nitrogens is 1. The fourth-order valence-corrected chi connectivity index (χ4v) is 1.79. The van der Waals surface area contributed by atoms with Crippen molar-refractivity contribution in [1.82, 2.24) is 4.98 Å². The minimum absolute atomic E-state index is 0.0546. The number of esters is 1. The van der Waals surface area contributed by atoms with E-state index < -0.39 is 35.1 Å². The SMILES string of the molecule is COC(=O)c1cccc(Oc2c(F)c(F)nc(N(C)C)c2F)c1. The summed E-state index contributed by atoms with van der Waals surface area (Å²) in [5, 5.41) is 0. The normalized spacial score (nSPS) is 10.3. The molecular weight excluding hydrogens is 313 g/mol. The predicted molar refractivity (Wildman–Crippen MR) is 76.3 cm³/mol. The lowest BCUT2D eigenvalue weighted by molar-refractivity contribution is 0.0600. The fourth-order valence-electron chi connectivity index (χ4n) is 1.79. The van der Waals surface area contributed by atoms with Crippen LogP contribution < -0.4 is 9.64 Å². The highest BCUT2D eigenvalue weighted by Gasteiger charge is 2.24. The Balaban J connectivity index is 2.46. The lowest BCUT2D eigenvalue weighted by Crippen LogP contribution is -2.15. The summed E-state index contributed by atoms with van der Waals surface area (Å²) in [7, 11) is 4.03. The van der Waals surface area contributed by atoms with Gasteiger partial charge in [-0.3, -0.25) is 0 Å². The van der Waals surface area contributed by atoms with Crippen LogP contribution >= 0.6 is 0 Å². The quantitative estimate of drug-likeness (QED) is 0.638. The zero-order chi connectivity index (χ0) is 17.1. The molecule has 0 aliphatic carbocycles. The first kappa shape index (κ1) is 16.6. The van der Waals surface area contributed by atoms with E-state index in [4.69, 9.17) is 4.74 Å². The molecule has 2 aromatic rings. The molecular formula is C15H13F3N2O3. The minimum Gasteiger partial charge on any atom is -0.465 e. The number of halogens is 3. The van der Waals surface area contributed by atoms with Gasteiger partial charge in [0.15, 0.2) is 5.82 Å². The van der Waals surface area contributed by atoms with Crippen LogP contribution in [-0.2, 0) is 4.74 Å². The van der Waals surface area contributed by atoms with Crippen molar-refractivity contribution in [2.24, 2.45) is 0 Å². The molecule has 0 radical (unpaired) electrons. The van der Waals surface area contributed by atoms with Crippen LogP contribution in [0.2, 0.25) is 0 Å². The van der Waals surface area contributed by atoms with Crippen LogP contribution in [0.3, 0.4) is 0 Å². The first-order valence-electron chi connectivity index (χ1n) is 6.43. The van der Waals surface area contributed by atoms with Crippen LogP contribution in [-0.4, -0.2) is 32.2 Å². The second-order valence-electron chi connectivity index (χ2n) is 4.70. The maximum atomic E-state index is 14.2. The summed E-state index contributed by atoms with van der Waals surface area (Å²) in [6.07, 6.45) is 0. The van der Waals surface area contributed by atoms with Gasteiger partial charge in [-0.25, -0.2) is 4.79 Å². The van der Waals surface area contributed by atoms with Crippen LogP contribution in [0, 0.1) is 17.6 Å². The second-order valence-corrected chi connectivity index (χ2v) is 4.70. The van der Waals surface area contributed by atoms with Crippen LogP contribution in [0.15, 0.2) is 24.3 Å². The summed E-state index contributed by atoms with van der Waals surface area (Å²) in [5.74, 6) is -6.26. The molecule has 0 unspecified atom stereocenters. The molecule has 2 rings (SSSR count). The van der Waals surface area contributed by atoms with Crippen molar-refractivity contribution in [2.45, 2.75) is 0 Å². The van der Waals surface area contributed by atoms with Crippen molar-refractivity contribution in [3.05, 3.63) is 47.4 Å². The molecule has 0 N–H and O–H groups in total. The number of nitrogens with zero attached hydrogens (tertiary/aromatic N) is 2. The lowest BCUT2D eigenvalue weighted by Gasteiger charge is -2.16. The van der Waals surface area contributed by atoms with Crippen molar-refractivity contribution >= 4 is 11.8 Å². The van der Waals surface area contributed by atoms with Gasteiger partial charge in [0.1, 0.15) is 5.75 Å². The number of ether oxygens (including phenoxy) is 2. The van der Waals surface area contributed by atoms with Crippen LogP contribution in [0.1, 0.15) is 10.4 Å². The molecule has 1 aromatic heterocycles. The number of hydrogen-bond donors (Lipinski definition) is 0. The summed E-state index contributed by atoms with van der Waals surface area (Å²) in [4.78, 5) is 15.8. The highest BCUT2D eigenvalue weighted by Crippen LogP contribution is 2.33. The summed E-state index contributed by atoms with van der Waals surface area (Å²) >= 11 is 0. The van der Waals surface area contributed by atoms with Crippen LogP contribution in [0.5, 0.6) is 11.5 Å². The molecule has 23 heavy (non-hydrogen) atoms. The molecule has 0 spiro atoms. The van der Waals surface area contributed by atoms with Crippen molar-refractivity contribution in [2.75, 3.05) is 26.1 Å². The van der Waals surface area contributed by atoms with E-state index in [2.05, 4.69) is 9.72 Å². The topological polar surface area (TPSA) is 51.7 Å². The highest BCUT2D eigenvalue weighted by molar-refractivity contribution is 5.89. The van der Waals surface area contributed by atoms with Crippen LogP contribution in [0.25, 0.3) is 0 Å². The van der Waals surface area contributed by atoms with Gasteiger partial charge in [0.05, 0.1) is 12.7 Å². The van der Waals surface area contributed by atoms with Crippen molar-refractivity contribution in [1.29, 1.82) is 0 Å². The summed E-state index contributed by atoms with van der Waals surface area (Å²) < 4.78 is 51.2. The van der Waals surface area contributed by atoms with E-state index in [1.807, 2.05) is 0 Å². The van der Waals surface area contributed by atoms with E-state index in [-0.39, 0.29) is 11.3 Å². The molecule has 122 valence electrons. The van der Waals surface area contributed by atoms with Gasteiger partial charge in [-0.2, -0.15) is 18.2 Å². The number of benzene rings is 1. The molecule has 8 heteroatoms. The molecule has 1 heterocycles. The van der Waals surface area contributed by atoms with E-state index in [0.29, 0.717) is 0 Å². The van der Waals surface area contributed by atoms with E-state index in [0.717, 1.165) is 0 Å². The van der Waals surface area contributed by atoms with E-state index >= 15 is 0 Å². The zero-order valence-electron chi connectivity index (χ0n) is 12.6. The first-order chi connectivity index (χ1) is 10.8.